The van der Waals surface area contributed by atoms with Gasteiger partial charge >= 0.3 is 5.69 Å². The fourth-order valence-electron chi connectivity index (χ4n) is 2.76. The molecule has 0 saturated carbocycles. The normalized spacial score (nSPS) is 23.4. The molecule has 2 aromatic rings. The molecule has 1 N–H and O–H groups in total. The molecule has 2 atom stereocenters. The second-order valence-electron chi connectivity index (χ2n) is 5.06. The molecule has 0 amide bonds. The highest BCUT2D eigenvalue weighted by Crippen LogP contribution is 2.29. The fraction of sp³-hybridized carbons (Fsp3) is 0.583. The van der Waals surface area contributed by atoms with Crippen LogP contribution in [0.5, 0.6) is 0 Å². The van der Waals surface area contributed by atoms with Crippen molar-refractivity contribution in [3.63, 3.8) is 0 Å². The zero-order valence-electron chi connectivity index (χ0n) is 10.9. The number of aromatic amines is 1. The summed E-state index contributed by atoms with van der Waals surface area (Å²) >= 11 is 6.06. The van der Waals surface area contributed by atoms with E-state index in [1.807, 2.05) is 13.0 Å². The van der Waals surface area contributed by atoms with Crippen LogP contribution in [0.1, 0.15) is 19.2 Å². The van der Waals surface area contributed by atoms with Crippen LogP contribution in [0.3, 0.4) is 0 Å². The first-order chi connectivity index (χ1) is 9.11. The maximum Gasteiger partial charge on any atom is 0.349 e. The van der Waals surface area contributed by atoms with Crippen molar-refractivity contribution in [2.45, 2.75) is 26.3 Å². The molecule has 3 rings (SSSR count). The lowest BCUT2D eigenvalue weighted by atomic mass is 10.1. The number of aromatic nitrogens is 4. The van der Waals surface area contributed by atoms with Crippen LogP contribution in [-0.2, 0) is 0 Å². The van der Waals surface area contributed by atoms with E-state index in [4.69, 9.17) is 11.6 Å². The van der Waals surface area contributed by atoms with Crippen LogP contribution in [0.2, 0.25) is 0 Å². The van der Waals surface area contributed by atoms with Crippen LogP contribution in [0.15, 0.2) is 10.9 Å². The van der Waals surface area contributed by atoms with E-state index in [9.17, 15) is 4.79 Å². The molecule has 1 fully saturated rings. The zero-order chi connectivity index (χ0) is 13.6. The maximum atomic E-state index is 11.6. The second-order valence-corrected chi connectivity index (χ2v) is 5.37. The van der Waals surface area contributed by atoms with Gasteiger partial charge in [0.25, 0.3) is 0 Å². The number of alkyl halides is 1. The summed E-state index contributed by atoms with van der Waals surface area (Å²) < 4.78 is 1.47. The summed E-state index contributed by atoms with van der Waals surface area (Å²) in [4.78, 5) is 18.3. The van der Waals surface area contributed by atoms with Gasteiger partial charge in [-0.2, -0.15) is 5.10 Å². The lowest BCUT2D eigenvalue weighted by molar-refractivity contribution is 0.548. The number of rotatable bonds is 2. The highest BCUT2D eigenvalue weighted by Gasteiger charge is 2.31. The number of hydrogen-bond donors (Lipinski definition) is 1. The summed E-state index contributed by atoms with van der Waals surface area (Å²) in [7, 11) is 0. The van der Waals surface area contributed by atoms with E-state index in [1.54, 1.807) is 0 Å². The van der Waals surface area contributed by atoms with Crippen molar-refractivity contribution in [2.75, 3.05) is 17.3 Å². The van der Waals surface area contributed by atoms with Gasteiger partial charge in [0.2, 0.25) is 0 Å². The van der Waals surface area contributed by atoms with Crippen molar-refractivity contribution in [3.8, 4) is 0 Å². The molecular weight excluding hydrogens is 266 g/mol. The molecule has 7 heteroatoms. The number of fused-ring (bicyclic) bond motifs is 1. The van der Waals surface area contributed by atoms with Gasteiger partial charge in [-0.1, -0.05) is 6.92 Å². The van der Waals surface area contributed by atoms with Crippen LogP contribution in [0.25, 0.3) is 5.65 Å². The lowest BCUT2D eigenvalue weighted by Gasteiger charge is -2.26. The van der Waals surface area contributed by atoms with Crippen molar-refractivity contribution in [2.24, 2.45) is 5.92 Å². The van der Waals surface area contributed by atoms with Crippen molar-refractivity contribution in [1.29, 1.82) is 0 Å². The van der Waals surface area contributed by atoms with Gasteiger partial charge in [0, 0.05) is 24.5 Å². The summed E-state index contributed by atoms with van der Waals surface area (Å²) in [6.07, 6.45) is 1.11. The van der Waals surface area contributed by atoms with Gasteiger partial charge in [-0.05, 0) is 19.3 Å². The molecule has 2 unspecified atom stereocenters. The number of H-pyrrole nitrogens is 1. The molecule has 0 spiro atoms. The monoisotopic (exact) mass is 281 g/mol. The largest absolute Gasteiger partial charge is 0.352 e. The Balaban J connectivity index is 2.08. The zero-order valence-corrected chi connectivity index (χ0v) is 11.7. The molecule has 3 heterocycles. The quantitative estimate of drug-likeness (QED) is 0.840. The molecule has 6 nitrogen and oxygen atoms in total. The van der Waals surface area contributed by atoms with Crippen LogP contribution in [-0.4, -0.2) is 38.0 Å². The van der Waals surface area contributed by atoms with E-state index in [-0.39, 0.29) is 5.69 Å². The molecule has 0 aliphatic carbocycles. The van der Waals surface area contributed by atoms with Crippen LogP contribution >= 0.6 is 11.6 Å². The number of hydrogen-bond acceptors (Lipinski definition) is 4. The molecule has 1 aliphatic rings. The van der Waals surface area contributed by atoms with Crippen molar-refractivity contribution in [1.82, 2.24) is 19.6 Å². The number of nitrogens with zero attached hydrogens (tertiary/aromatic N) is 4. The first-order valence-corrected chi connectivity index (χ1v) is 6.92. The highest BCUT2D eigenvalue weighted by atomic mass is 35.5. The number of aryl methyl sites for hydroxylation is 1. The predicted molar refractivity (Wildman–Crippen MR) is 74.0 cm³/mol. The Labute approximate surface area is 115 Å². The third-order valence-electron chi connectivity index (χ3n) is 3.89. The molecule has 19 heavy (non-hydrogen) atoms. The van der Waals surface area contributed by atoms with E-state index < -0.39 is 0 Å². The SMILES string of the molecule is Cc1nc(N2CCC(C)C2CCl)cc2n[nH]c(=O)n12. The lowest BCUT2D eigenvalue weighted by Crippen LogP contribution is -2.34. The molecule has 1 saturated heterocycles. The molecular formula is C12H16ClN5O. The minimum Gasteiger partial charge on any atom is -0.352 e. The van der Waals surface area contributed by atoms with Crippen molar-refractivity contribution >= 4 is 23.1 Å². The van der Waals surface area contributed by atoms with E-state index in [1.165, 1.54) is 4.40 Å². The van der Waals surface area contributed by atoms with Crippen molar-refractivity contribution in [3.05, 3.63) is 22.4 Å². The third kappa shape index (κ3) is 1.90. The third-order valence-corrected chi connectivity index (χ3v) is 4.21. The smallest absolute Gasteiger partial charge is 0.349 e. The standard InChI is InChI=1S/C12H16ClN5O/c1-7-3-4-17(9(7)6-13)10-5-11-15-16-12(19)18(11)8(2)14-10/h5,7,9H,3-4,6H2,1-2H3,(H,16,19). The topological polar surface area (TPSA) is 66.3 Å². The summed E-state index contributed by atoms with van der Waals surface area (Å²) in [6, 6.07) is 2.13. The summed E-state index contributed by atoms with van der Waals surface area (Å²) in [6.45, 7) is 4.95. The average molecular weight is 282 g/mol. The Morgan fingerprint density at radius 2 is 2.37 bits per heavy atom. The summed E-state index contributed by atoms with van der Waals surface area (Å²) in [5.41, 5.74) is 0.343. The molecule has 0 radical (unpaired) electrons. The van der Waals surface area contributed by atoms with E-state index in [0.29, 0.717) is 29.3 Å². The Hall–Kier alpha value is -1.56. The summed E-state index contributed by atoms with van der Waals surface area (Å²) in [5.74, 6) is 2.62. The first kappa shape index (κ1) is 12.5. The minimum atomic E-state index is -0.254. The van der Waals surface area contributed by atoms with Gasteiger partial charge in [-0.25, -0.2) is 19.3 Å². The van der Waals surface area contributed by atoms with Gasteiger partial charge in [-0.3, -0.25) is 0 Å². The van der Waals surface area contributed by atoms with Crippen LogP contribution in [0, 0.1) is 12.8 Å². The second kappa shape index (κ2) is 4.52. The van der Waals surface area contributed by atoms with E-state index >= 15 is 0 Å². The van der Waals surface area contributed by atoms with E-state index in [0.717, 1.165) is 18.8 Å². The molecule has 0 aromatic carbocycles. The highest BCUT2D eigenvalue weighted by molar-refractivity contribution is 6.18. The maximum absolute atomic E-state index is 11.6. The Bertz CT molecular complexity index is 664. The van der Waals surface area contributed by atoms with Crippen molar-refractivity contribution < 1.29 is 0 Å². The number of nitrogens with one attached hydrogen (secondary N) is 1. The predicted octanol–water partition coefficient (Wildman–Crippen LogP) is 1.18. The van der Waals surface area contributed by atoms with Gasteiger partial charge in [0.15, 0.2) is 5.65 Å². The number of anilines is 1. The summed E-state index contributed by atoms with van der Waals surface area (Å²) in [5, 5.41) is 6.45. The average Bonchev–Trinajstić information content (AvgIpc) is 2.93. The van der Waals surface area contributed by atoms with Gasteiger partial charge in [0.05, 0.1) is 0 Å². The molecule has 102 valence electrons. The number of halogens is 1. The van der Waals surface area contributed by atoms with Crippen LogP contribution < -0.4 is 10.6 Å². The van der Waals surface area contributed by atoms with E-state index in [2.05, 4.69) is 27.0 Å². The van der Waals surface area contributed by atoms with Crippen LogP contribution in [0.4, 0.5) is 5.82 Å². The fourth-order valence-corrected chi connectivity index (χ4v) is 3.23. The molecule has 0 bridgehead atoms. The molecule has 2 aromatic heterocycles. The van der Waals surface area contributed by atoms with Gasteiger partial charge in [0.1, 0.15) is 11.6 Å². The minimum absolute atomic E-state index is 0.254. The first-order valence-electron chi connectivity index (χ1n) is 6.39. The Morgan fingerprint density at radius 3 is 3.11 bits per heavy atom. The molecule has 1 aliphatic heterocycles. The Kier molecular flexibility index (Phi) is 2.97. The Morgan fingerprint density at radius 1 is 1.58 bits per heavy atom. The van der Waals surface area contributed by atoms with Gasteiger partial charge in [-0.15, -0.1) is 11.6 Å². The van der Waals surface area contributed by atoms with Gasteiger partial charge < -0.3 is 4.90 Å².